The van der Waals surface area contributed by atoms with Crippen LogP contribution in [0.1, 0.15) is 18.2 Å². The van der Waals surface area contributed by atoms with Crippen molar-refractivity contribution in [1.29, 1.82) is 0 Å². The van der Waals surface area contributed by atoms with Crippen molar-refractivity contribution in [3.05, 3.63) is 58.2 Å². The SMILES string of the molecule is CCNc1cccc(COCc2ccccc2Br)n1. The highest BCUT2D eigenvalue weighted by Crippen LogP contribution is 2.17. The summed E-state index contributed by atoms with van der Waals surface area (Å²) in [4.78, 5) is 4.47. The molecule has 0 amide bonds. The molecule has 0 saturated carbocycles. The number of hydrogen-bond acceptors (Lipinski definition) is 3. The highest BCUT2D eigenvalue weighted by Gasteiger charge is 2.00. The molecule has 1 aromatic heterocycles. The van der Waals surface area contributed by atoms with Crippen molar-refractivity contribution in [1.82, 2.24) is 4.98 Å². The molecule has 3 nitrogen and oxygen atoms in total. The van der Waals surface area contributed by atoms with Crippen LogP contribution in [0.15, 0.2) is 46.9 Å². The van der Waals surface area contributed by atoms with Gasteiger partial charge in [-0.3, -0.25) is 0 Å². The molecular formula is C15H17BrN2O. The Balaban J connectivity index is 1.89. The van der Waals surface area contributed by atoms with Crippen molar-refractivity contribution in [3.63, 3.8) is 0 Å². The largest absolute Gasteiger partial charge is 0.370 e. The van der Waals surface area contributed by atoms with E-state index in [1.807, 2.05) is 42.5 Å². The van der Waals surface area contributed by atoms with Gasteiger partial charge >= 0.3 is 0 Å². The van der Waals surface area contributed by atoms with E-state index in [1.54, 1.807) is 0 Å². The third-order valence-electron chi connectivity index (χ3n) is 2.63. The van der Waals surface area contributed by atoms with Crippen LogP contribution in [0.25, 0.3) is 0 Å². The van der Waals surface area contributed by atoms with Crippen molar-refractivity contribution in [2.75, 3.05) is 11.9 Å². The molecule has 0 aliphatic rings. The molecule has 0 spiro atoms. The molecule has 4 heteroatoms. The number of benzene rings is 1. The van der Waals surface area contributed by atoms with Gasteiger partial charge in [0.25, 0.3) is 0 Å². The van der Waals surface area contributed by atoms with E-state index in [1.165, 1.54) is 0 Å². The zero-order chi connectivity index (χ0) is 13.5. The van der Waals surface area contributed by atoms with E-state index < -0.39 is 0 Å². The van der Waals surface area contributed by atoms with Gasteiger partial charge in [0, 0.05) is 11.0 Å². The second kappa shape index (κ2) is 7.26. The van der Waals surface area contributed by atoms with Crippen molar-refractivity contribution >= 4 is 21.7 Å². The van der Waals surface area contributed by atoms with E-state index in [9.17, 15) is 0 Å². The zero-order valence-corrected chi connectivity index (χ0v) is 12.5. The highest BCUT2D eigenvalue weighted by atomic mass is 79.9. The molecule has 100 valence electrons. The van der Waals surface area contributed by atoms with Crippen LogP contribution in [0.5, 0.6) is 0 Å². The highest BCUT2D eigenvalue weighted by molar-refractivity contribution is 9.10. The second-order valence-corrected chi connectivity index (χ2v) is 4.98. The summed E-state index contributed by atoms with van der Waals surface area (Å²) in [5, 5.41) is 3.19. The number of nitrogens with zero attached hydrogens (tertiary/aromatic N) is 1. The molecule has 0 unspecified atom stereocenters. The summed E-state index contributed by atoms with van der Waals surface area (Å²) < 4.78 is 6.77. The van der Waals surface area contributed by atoms with Crippen molar-refractivity contribution in [2.45, 2.75) is 20.1 Å². The van der Waals surface area contributed by atoms with E-state index >= 15 is 0 Å². The quantitative estimate of drug-likeness (QED) is 0.873. The standard InChI is InChI=1S/C15H17BrN2O/c1-2-17-15-9-5-7-13(18-15)11-19-10-12-6-3-4-8-14(12)16/h3-9H,2,10-11H2,1H3,(H,17,18). The van der Waals surface area contributed by atoms with Gasteiger partial charge in [0.05, 0.1) is 18.9 Å². The van der Waals surface area contributed by atoms with E-state index in [2.05, 4.69) is 33.2 Å². The fraction of sp³-hybridized carbons (Fsp3) is 0.267. The maximum Gasteiger partial charge on any atom is 0.126 e. The molecule has 0 aliphatic carbocycles. The van der Waals surface area contributed by atoms with E-state index in [-0.39, 0.29) is 0 Å². The first-order valence-electron chi connectivity index (χ1n) is 6.30. The minimum atomic E-state index is 0.514. The van der Waals surface area contributed by atoms with Gasteiger partial charge in [-0.1, -0.05) is 40.2 Å². The van der Waals surface area contributed by atoms with Crippen LogP contribution in [0.3, 0.4) is 0 Å². The van der Waals surface area contributed by atoms with Gasteiger partial charge in [-0.2, -0.15) is 0 Å². The summed E-state index contributed by atoms with van der Waals surface area (Å²) in [6.07, 6.45) is 0. The topological polar surface area (TPSA) is 34.1 Å². The van der Waals surface area contributed by atoms with Crippen LogP contribution in [0.2, 0.25) is 0 Å². The van der Waals surface area contributed by atoms with Gasteiger partial charge in [0.2, 0.25) is 0 Å². The molecule has 0 bridgehead atoms. The lowest BCUT2D eigenvalue weighted by Gasteiger charge is -2.07. The Morgan fingerprint density at radius 1 is 1.11 bits per heavy atom. The lowest BCUT2D eigenvalue weighted by atomic mass is 10.2. The molecule has 2 rings (SSSR count). The number of ether oxygens (including phenoxy) is 1. The average molecular weight is 321 g/mol. The van der Waals surface area contributed by atoms with E-state index in [4.69, 9.17) is 4.74 Å². The fourth-order valence-electron chi connectivity index (χ4n) is 1.72. The van der Waals surface area contributed by atoms with Crippen molar-refractivity contribution < 1.29 is 4.74 Å². The first-order chi connectivity index (χ1) is 9.29. The summed E-state index contributed by atoms with van der Waals surface area (Å²) in [6.45, 7) is 4.02. The molecular weight excluding hydrogens is 304 g/mol. The normalized spacial score (nSPS) is 10.4. The molecule has 0 aliphatic heterocycles. The number of anilines is 1. The average Bonchev–Trinajstić information content (AvgIpc) is 2.42. The first kappa shape index (κ1) is 14.0. The molecule has 0 atom stereocenters. The lowest BCUT2D eigenvalue weighted by molar-refractivity contribution is 0.104. The summed E-state index contributed by atoms with van der Waals surface area (Å²) in [7, 11) is 0. The minimum absolute atomic E-state index is 0.514. The summed E-state index contributed by atoms with van der Waals surface area (Å²) in [6, 6.07) is 14.0. The third-order valence-corrected chi connectivity index (χ3v) is 3.40. The first-order valence-corrected chi connectivity index (χ1v) is 7.10. The number of pyridine rings is 1. The van der Waals surface area contributed by atoms with E-state index in [0.29, 0.717) is 13.2 Å². The van der Waals surface area contributed by atoms with Crippen molar-refractivity contribution in [3.8, 4) is 0 Å². The number of hydrogen-bond donors (Lipinski definition) is 1. The molecule has 0 fully saturated rings. The maximum absolute atomic E-state index is 5.70. The minimum Gasteiger partial charge on any atom is -0.370 e. The molecule has 19 heavy (non-hydrogen) atoms. The predicted octanol–water partition coefficient (Wildman–Crippen LogP) is 3.99. The van der Waals surface area contributed by atoms with E-state index in [0.717, 1.165) is 28.1 Å². The Hall–Kier alpha value is -1.39. The molecule has 1 N–H and O–H groups in total. The predicted molar refractivity (Wildman–Crippen MR) is 81.0 cm³/mol. The monoisotopic (exact) mass is 320 g/mol. The van der Waals surface area contributed by atoms with Gasteiger partial charge in [-0.25, -0.2) is 4.98 Å². The maximum atomic E-state index is 5.70. The number of rotatable bonds is 6. The molecule has 0 saturated heterocycles. The van der Waals surface area contributed by atoms with Crippen LogP contribution < -0.4 is 5.32 Å². The van der Waals surface area contributed by atoms with Gasteiger partial charge in [0.1, 0.15) is 5.82 Å². The second-order valence-electron chi connectivity index (χ2n) is 4.13. The van der Waals surface area contributed by atoms with Crippen molar-refractivity contribution in [2.24, 2.45) is 0 Å². The van der Waals surface area contributed by atoms with Crippen LogP contribution in [0, 0.1) is 0 Å². The Morgan fingerprint density at radius 3 is 2.74 bits per heavy atom. The van der Waals surface area contributed by atoms with Crippen LogP contribution in [-0.2, 0) is 18.0 Å². The molecule has 1 heterocycles. The number of aromatic nitrogens is 1. The Morgan fingerprint density at radius 2 is 1.95 bits per heavy atom. The molecule has 2 aromatic rings. The van der Waals surface area contributed by atoms with Crippen LogP contribution in [0.4, 0.5) is 5.82 Å². The lowest BCUT2D eigenvalue weighted by Crippen LogP contribution is -2.02. The zero-order valence-electron chi connectivity index (χ0n) is 10.9. The van der Waals surface area contributed by atoms with Crippen LogP contribution in [-0.4, -0.2) is 11.5 Å². The van der Waals surface area contributed by atoms with Gasteiger partial charge in [-0.15, -0.1) is 0 Å². The number of nitrogens with one attached hydrogen (secondary N) is 1. The smallest absolute Gasteiger partial charge is 0.126 e. The Bertz CT molecular complexity index is 531. The van der Waals surface area contributed by atoms with Gasteiger partial charge in [0.15, 0.2) is 0 Å². The Labute approximate surface area is 122 Å². The molecule has 1 aromatic carbocycles. The van der Waals surface area contributed by atoms with Gasteiger partial charge in [-0.05, 0) is 30.7 Å². The third kappa shape index (κ3) is 4.33. The summed E-state index contributed by atoms with van der Waals surface area (Å²) in [5.41, 5.74) is 2.08. The molecule has 0 radical (unpaired) electrons. The number of halogens is 1. The summed E-state index contributed by atoms with van der Waals surface area (Å²) in [5.74, 6) is 0.893. The fourth-order valence-corrected chi connectivity index (χ4v) is 2.12. The van der Waals surface area contributed by atoms with Crippen LogP contribution >= 0.6 is 15.9 Å². The van der Waals surface area contributed by atoms with Gasteiger partial charge < -0.3 is 10.1 Å². The summed E-state index contributed by atoms with van der Waals surface area (Å²) >= 11 is 3.51. The Kier molecular flexibility index (Phi) is 5.36.